The molecule has 8 heteroatoms. The van der Waals surface area contributed by atoms with E-state index in [-0.39, 0.29) is 36.4 Å². The number of halogens is 1. The molecule has 0 aromatic heterocycles. The predicted octanol–water partition coefficient (Wildman–Crippen LogP) is 5.83. The molecule has 0 saturated carbocycles. The standard InChI is InChI=1S/C31H39FO7/c1-6-24-18(2)21(5)27(39-30(34)23-15-11-8-12-16-23)31(37-24)35-17-25-19(3)20(4)26(28(32)36-25)38-29(33)22-13-9-7-10-14-22/h7-16,18-21,24-28,31H,6,17H2,1-5H3. The van der Waals surface area contributed by atoms with Crippen molar-refractivity contribution in [3.05, 3.63) is 71.8 Å². The molecule has 0 spiro atoms. The second-order valence-corrected chi connectivity index (χ2v) is 10.7. The molecule has 2 saturated heterocycles. The van der Waals surface area contributed by atoms with Gasteiger partial charge in [0.05, 0.1) is 29.9 Å². The molecule has 2 aromatic rings. The molecule has 10 unspecified atom stereocenters. The molecule has 0 bridgehead atoms. The van der Waals surface area contributed by atoms with Gasteiger partial charge in [-0.3, -0.25) is 0 Å². The number of ether oxygens (including phenoxy) is 5. The molecule has 2 fully saturated rings. The molecule has 0 radical (unpaired) electrons. The second kappa shape index (κ2) is 13.0. The van der Waals surface area contributed by atoms with Crippen LogP contribution in [0.2, 0.25) is 0 Å². The predicted molar refractivity (Wildman–Crippen MR) is 143 cm³/mol. The lowest BCUT2D eigenvalue weighted by Crippen LogP contribution is -2.54. The van der Waals surface area contributed by atoms with E-state index in [0.717, 1.165) is 6.42 Å². The Bertz CT molecular complexity index is 1080. The molecule has 2 aromatic carbocycles. The van der Waals surface area contributed by atoms with Crippen molar-refractivity contribution in [1.29, 1.82) is 0 Å². The maximum absolute atomic E-state index is 15.2. The Kier molecular flexibility index (Phi) is 9.75. The van der Waals surface area contributed by atoms with Gasteiger partial charge in [0.2, 0.25) is 6.36 Å². The van der Waals surface area contributed by atoms with Crippen LogP contribution < -0.4 is 0 Å². The number of hydrogen-bond donors (Lipinski definition) is 0. The molecule has 10 atom stereocenters. The van der Waals surface area contributed by atoms with Gasteiger partial charge in [0.25, 0.3) is 0 Å². The summed E-state index contributed by atoms with van der Waals surface area (Å²) in [6.07, 6.45) is -4.22. The molecular formula is C31H39FO7. The van der Waals surface area contributed by atoms with E-state index >= 15 is 4.39 Å². The molecule has 2 aliphatic rings. The van der Waals surface area contributed by atoms with Gasteiger partial charge in [0.1, 0.15) is 0 Å². The summed E-state index contributed by atoms with van der Waals surface area (Å²) in [4.78, 5) is 25.4. The van der Waals surface area contributed by atoms with Gasteiger partial charge in [-0.05, 0) is 42.5 Å². The number of esters is 2. The van der Waals surface area contributed by atoms with Crippen molar-refractivity contribution in [2.24, 2.45) is 23.7 Å². The lowest BCUT2D eigenvalue weighted by Gasteiger charge is -2.45. The van der Waals surface area contributed by atoms with Crippen molar-refractivity contribution in [2.75, 3.05) is 6.61 Å². The summed E-state index contributed by atoms with van der Waals surface area (Å²) in [6.45, 7) is 9.94. The lowest BCUT2D eigenvalue weighted by atomic mass is 9.82. The van der Waals surface area contributed by atoms with Crippen LogP contribution in [-0.4, -0.2) is 55.6 Å². The van der Waals surface area contributed by atoms with Crippen molar-refractivity contribution >= 4 is 11.9 Å². The first-order valence-electron chi connectivity index (χ1n) is 13.8. The van der Waals surface area contributed by atoms with Crippen molar-refractivity contribution in [3.63, 3.8) is 0 Å². The van der Waals surface area contributed by atoms with Crippen LogP contribution in [0.4, 0.5) is 4.39 Å². The van der Waals surface area contributed by atoms with Crippen LogP contribution in [0.1, 0.15) is 61.8 Å². The molecule has 4 rings (SSSR count). The van der Waals surface area contributed by atoms with Crippen LogP contribution >= 0.6 is 0 Å². The smallest absolute Gasteiger partial charge is 0.338 e. The lowest BCUT2D eigenvalue weighted by molar-refractivity contribution is -0.291. The fraction of sp³-hybridized carbons (Fsp3) is 0.548. The van der Waals surface area contributed by atoms with E-state index < -0.39 is 42.9 Å². The van der Waals surface area contributed by atoms with Gasteiger partial charge < -0.3 is 23.7 Å². The van der Waals surface area contributed by atoms with E-state index in [0.29, 0.717) is 11.1 Å². The second-order valence-electron chi connectivity index (χ2n) is 10.7. The van der Waals surface area contributed by atoms with E-state index in [9.17, 15) is 9.59 Å². The third kappa shape index (κ3) is 6.68. The quantitative estimate of drug-likeness (QED) is 0.389. The number of benzene rings is 2. The first-order chi connectivity index (χ1) is 18.7. The maximum Gasteiger partial charge on any atom is 0.338 e. The Hall–Kier alpha value is -2.81. The minimum Gasteiger partial charge on any atom is -0.453 e. The first-order valence-corrected chi connectivity index (χ1v) is 13.8. The van der Waals surface area contributed by atoms with Crippen LogP contribution in [0.5, 0.6) is 0 Å². The van der Waals surface area contributed by atoms with Gasteiger partial charge in [-0.2, -0.15) is 0 Å². The minimum atomic E-state index is -1.81. The largest absolute Gasteiger partial charge is 0.453 e. The summed E-state index contributed by atoms with van der Waals surface area (Å²) in [5, 5.41) is 0. The highest BCUT2D eigenvalue weighted by atomic mass is 19.1. The van der Waals surface area contributed by atoms with Crippen LogP contribution in [0.3, 0.4) is 0 Å². The van der Waals surface area contributed by atoms with Crippen molar-refractivity contribution in [2.45, 2.75) is 78.1 Å². The molecule has 7 nitrogen and oxygen atoms in total. The van der Waals surface area contributed by atoms with Crippen LogP contribution in [0.15, 0.2) is 60.7 Å². The highest BCUT2D eigenvalue weighted by Gasteiger charge is 2.47. The van der Waals surface area contributed by atoms with Gasteiger partial charge in [-0.15, -0.1) is 0 Å². The van der Waals surface area contributed by atoms with Crippen molar-refractivity contribution in [3.8, 4) is 0 Å². The van der Waals surface area contributed by atoms with Gasteiger partial charge >= 0.3 is 11.9 Å². The summed E-state index contributed by atoms with van der Waals surface area (Å²) in [5.74, 6) is -1.43. The van der Waals surface area contributed by atoms with Crippen LogP contribution in [0, 0.1) is 23.7 Å². The van der Waals surface area contributed by atoms with E-state index in [1.54, 1.807) is 54.6 Å². The average Bonchev–Trinajstić information content (AvgIpc) is 2.96. The SMILES string of the molecule is CCC1OC(OCC2OC(F)C(OC(=O)c3ccccc3)C(C)C2C)C(OC(=O)c2ccccc2)C(C)C1C. The Labute approximate surface area is 229 Å². The summed E-state index contributed by atoms with van der Waals surface area (Å²) >= 11 is 0. The molecule has 212 valence electrons. The van der Waals surface area contributed by atoms with Crippen molar-refractivity contribution in [1.82, 2.24) is 0 Å². The van der Waals surface area contributed by atoms with Gasteiger partial charge in [0, 0.05) is 11.8 Å². The molecular weight excluding hydrogens is 503 g/mol. The third-order valence-corrected chi connectivity index (χ3v) is 8.34. The normalized spacial score (nSPS) is 34.7. The average molecular weight is 543 g/mol. The zero-order chi connectivity index (χ0) is 28.1. The summed E-state index contributed by atoms with van der Waals surface area (Å²) < 4.78 is 44.7. The fourth-order valence-corrected chi connectivity index (χ4v) is 5.34. The molecule has 39 heavy (non-hydrogen) atoms. The number of carbonyl (C=O) groups excluding carboxylic acids is 2. The number of alkyl halides is 1. The highest BCUT2D eigenvalue weighted by Crippen LogP contribution is 2.37. The summed E-state index contributed by atoms with van der Waals surface area (Å²) in [5.41, 5.74) is 0.803. The summed E-state index contributed by atoms with van der Waals surface area (Å²) in [6, 6.07) is 17.3. The molecule has 0 N–H and O–H groups in total. The topological polar surface area (TPSA) is 80.3 Å². The van der Waals surface area contributed by atoms with E-state index in [1.807, 2.05) is 33.8 Å². The zero-order valence-electron chi connectivity index (χ0n) is 23.2. The number of rotatable bonds is 8. The highest BCUT2D eigenvalue weighted by molar-refractivity contribution is 5.89. The monoisotopic (exact) mass is 542 g/mol. The fourth-order valence-electron chi connectivity index (χ4n) is 5.34. The zero-order valence-corrected chi connectivity index (χ0v) is 23.2. The van der Waals surface area contributed by atoms with Crippen molar-refractivity contribution < 1.29 is 37.7 Å². The molecule has 0 aliphatic carbocycles. The van der Waals surface area contributed by atoms with E-state index in [4.69, 9.17) is 23.7 Å². The Balaban J connectivity index is 1.41. The van der Waals surface area contributed by atoms with Crippen LogP contribution in [-0.2, 0) is 23.7 Å². The maximum atomic E-state index is 15.2. The number of carbonyl (C=O) groups is 2. The van der Waals surface area contributed by atoms with E-state index in [2.05, 4.69) is 6.92 Å². The Morgan fingerprint density at radius 3 is 1.74 bits per heavy atom. The summed E-state index contributed by atoms with van der Waals surface area (Å²) in [7, 11) is 0. The minimum absolute atomic E-state index is 0.0271. The molecule has 2 aliphatic heterocycles. The number of hydrogen-bond acceptors (Lipinski definition) is 7. The molecule has 2 heterocycles. The molecule has 0 amide bonds. The Morgan fingerprint density at radius 1 is 0.718 bits per heavy atom. The van der Waals surface area contributed by atoms with Gasteiger partial charge in [0.15, 0.2) is 18.5 Å². The third-order valence-electron chi connectivity index (χ3n) is 8.34. The van der Waals surface area contributed by atoms with Gasteiger partial charge in [-0.25, -0.2) is 14.0 Å². The van der Waals surface area contributed by atoms with Crippen LogP contribution in [0.25, 0.3) is 0 Å². The van der Waals surface area contributed by atoms with E-state index in [1.165, 1.54) is 0 Å². The first kappa shape index (κ1) is 29.2. The van der Waals surface area contributed by atoms with Gasteiger partial charge in [-0.1, -0.05) is 71.0 Å². The Morgan fingerprint density at radius 2 is 1.21 bits per heavy atom.